The van der Waals surface area contributed by atoms with E-state index in [-0.39, 0.29) is 5.91 Å². The minimum atomic E-state index is -0.882. The van der Waals surface area contributed by atoms with Crippen molar-refractivity contribution in [3.63, 3.8) is 0 Å². The van der Waals surface area contributed by atoms with Gasteiger partial charge in [-0.15, -0.1) is 11.8 Å². The molecule has 0 saturated heterocycles. The zero-order chi connectivity index (χ0) is 15.8. The van der Waals surface area contributed by atoms with Crippen LogP contribution < -0.4 is 5.32 Å². The summed E-state index contributed by atoms with van der Waals surface area (Å²) in [6, 6.07) is 7.12. The van der Waals surface area contributed by atoms with Gasteiger partial charge in [0.25, 0.3) is 5.91 Å². The van der Waals surface area contributed by atoms with Crippen LogP contribution in [0.4, 0.5) is 0 Å². The molecule has 0 bridgehead atoms. The van der Waals surface area contributed by atoms with Crippen molar-refractivity contribution in [2.24, 2.45) is 5.92 Å². The molecule has 0 saturated carbocycles. The third kappa shape index (κ3) is 6.21. The second-order valence-corrected chi connectivity index (χ2v) is 6.77. The fourth-order valence-electron chi connectivity index (χ4n) is 1.81. The lowest BCUT2D eigenvalue weighted by Gasteiger charge is -2.12. The third-order valence-corrected chi connectivity index (χ3v) is 4.19. The van der Waals surface area contributed by atoms with Gasteiger partial charge in [0.15, 0.2) is 0 Å². The second-order valence-electron chi connectivity index (χ2n) is 5.39. The lowest BCUT2D eigenvalue weighted by molar-refractivity contribution is -0.136. The lowest BCUT2D eigenvalue weighted by atomic mass is 10.1. The van der Waals surface area contributed by atoms with Gasteiger partial charge in [0.05, 0.1) is 5.56 Å². The first-order chi connectivity index (χ1) is 9.91. The summed E-state index contributed by atoms with van der Waals surface area (Å²) in [6.07, 6.45) is 2.02. The average molecular weight is 309 g/mol. The van der Waals surface area contributed by atoms with Crippen molar-refractivity contribution in [1.29, 1.82) is 0 Å². The van der Waals surface area contributed by atoms with Crippen molar-refractivity contribution < 1.29 is 14.7 Å². The predicted molar refractivity (Wildman–Crippen MR) is 85.8 cm³/mol. The van der Waals surface area contributed by atoms with Gasteiger partial charge >= 0.3 is 5.97 Å². The Morgan fingerprint density at radius 2 is 1.90 bits per heavy atom. The Morgan fingerprint density at radius 3 is 2.52 bits per heavy atom. The molecule has 1 aromatic carbocycles. The molecular weight excluding hydrogens is 286 g/mol. The molecule has 0 fully saturated rings. The van der Waals surface area contributed by atoms with Crippen LogP contribution in [0, 0.1) is 5.92 Å². The summed E-state index contributed by atoms with van der Waals surface area (Å²) in [6.45, 7) is 6.57. The Hall–Kier alpha value is -1.49. The Labute approximate surface area is 130 Å². The van der Waals surface area contributed by atoms with Crippen LogP contribution in [-0.2, 0) is 4.79 Å². The number of nitrogens with one attached hydrogen (secondary N) is 1. The van der Waals surface area contributed by atoms with E-state index in [2.05, 4.69) is 19.2 Å². The van der Waals surface area contributed by atoms with E-state index >= 15 is 0 Å². The van der Waals surface area contributed by atoms with Gasteiger partial charge in [0.1, 0.15) is 5.25 Å². The van der Waals surface area contributed by atoms with Gasteiger partial charge in [-0.3, -0.25) is 9.59 Å². The van der Waals surface area contributed by atoms with Crippen LogP contribution in [0.25, 0.3) is 0 Å². The molecule has 2 N–H and O–H groups in total. The van der Waals surface area contributed by atoms with E-state index < -0.39 is 11.2 Å². The quantitative estimate of drug-likeness (QED) is 0.570. The molecule has 1 atom stereocenters. The molecule has 5 heteroatoms. The minimum Gasteiger partial charge on any atom is -0.480 e. The molecule has 21 heavy (non-hydrogen) atoms. The van der Waals surface area contributed by atoms with Gasteiger partial charge in [-0.25, -0.2) is 0 Å². The highest BCUT2D eigenvalue weighted by atomic mass is 32.2. The number of rotatable bonds is 8. The highest BCUT2D eigenvalue weighted by Crippen LogP contribution is 2.26. The third-order valence-electron chi connectivity index (χ3n) is 3.03. The molecule has 0 radical (unpaired) electrons. The van der Waals surface area contributed by atoms with Gasteiger partial charge < -0.3 is 10.4 Å². The van der Waals surface area contributed by atoms with E-state index in [1.54, 1.807) is 25.1 Å². The van der Waals surface area contributed by atoms with Gasteiger partial charge in [-0.1, -0.05) is 26.0 Å². The summed E-state index contributed by atoms with van der Waals surface area (Å²) >= 11 is 1.19. The lowest BCUT2D eigenvalue weighted by Crippen LogP contribution is -2.25. The van der Waals surface area contributed by atoms with Crippen molar-refractivity contribution in [3.8, 4) is 0 Å². The van der Waals surface area contributed by atoms with Crippen LogP contribution in [-0.4, -0.2) is 28.8 Å². The highest BCUT2D eigenvalue weighted by molar-refractivity contribution is 8.00. The van der Waals surface area contributed by atoms with Gasteiger partial charge in [0.2, 0.25) is 0 Å². The van der Waals surface area contributed by atoms with Crippen LogP contribution in [0.15, 0.2) is 29.2 Å². The van der Waals surface area contributed by atoms with E-state index in [0.29, 0.717) is 22.9 Å². The standard InChI is InChI=1S/C16H23NO3S/c1-11(2)7-6-10-17-15(18)13-8-4-5-9-14(13)21-12(3)16(19)20/h4-5,8-9,11-12H,6-7,10H2,1-3H3,(H,17,18)(H,19,20). The SMILES string of the molecule is CC(C)CCCNC(=O)c1ccccc1SC(C)C(=O)O. The summed E-state index contributed by atoms with van der Waals surface area (Å²) < 4.78 is 0. The number of thioether (sulfide) groups is 1. The van der Waals surface area contributed by atoms with Gasteiger partial charge in [-0.05, 0) is 37.8 Å². The molecule has 1 aromatic rings. The summed E-state index contributed by atoms with van der Waals surface area (Å²) in [7, 11) is 0. The fourth-order valence-corrected chi connectivity index (χ4v) is 2.73. The second kappa shape index (κ2) is 8.72. The number of carbonyl (C=O) groups excluding carboxylic acids is 1. The molecule has 1 rings (SSSR count). The topological polar surface area (TPSA) is 66.4 Å². The number of aliphatic carboxylic acids is 1. The van der Waals surface area contributed by atoms with Crippen molar-refractivity contribution in [3.05, 3.63) is 29.8 Å². The van der Waals surface area contributed by atoms with Gasteiger partial charge in [-0.2, -0.15) is 0 Å². The van der Waals surface area contributed by atoms with Crippen LogP contribution in [0.3, 0.4) is 0 Å². The van der Waals surface area contributed by atoms with E-state index in [1.165, 1.54) is 11.8 Å². The molecule has 1 unspecified atom stereocenters. The molecule has 0 spiro atoms. The maximum absolute atomic E-state index is 12.2. The maximum atomic E-state index is 12.2. The van der Waals surface area contributed by atoms with E-state index in [4.69, 9.17) is 5.11 Å². The molecule has 116 valence electrons. The number of amides is 1. The van der Waals surface area contributed by atoms with Crippen LogP contribution in [0.1, 0.15) is 44.0 Å². The molecular formula is C16H23NO3S. The van der Waals surface area contributed by atoms with Crippen LogP contribution in [0.5, 0.6) is 0 Å². The molecule has 1 amide bonds. The fraction of sp³-hybridized carbons (Fsp3) is 0.500. The smallest absolute Gasteiger partial charge is 0.316 e. The molecule has 0 aromatic heterocycles. The van der Waals surface area contributed by atoms with Gasteiger partial charge in [0, 0.05) is 11.4 Å². The zero-order valence-corrected chi connectivity index (χ0v) is 13.6. The summed E-state index contributed by atoms with van der Waals surface area (Å²) in [4.78, 5) is 23.8. The van der Waals surface area contributed by atoms with Crippen LogP contribution >= 0.6 is 11.8 Å². The monoisotopic (exact) mass is 309 g/mol. The Kier molecular flexibility index (Phi) is 7.29. The highest BCUT2D eigenvalue weighted by Gasteiger charge is 2.17. The zero-order valence-electron chi connectivity index (χ0n) is 12.8. The average Bonchev–Trinajstić information content (AvgIpc) is 2.43. The van der Waals surface area contributed by atoms with Crippen molar-refractivity contribution in [2.45, 2.75) is 43.8 Å². The van der Waals surface area contributed by atoms with E-state index in [0.717, 1.165) is 12.8 Å². The first-order valence-corrected chi connectivity index (χ1v) is 8.06. The van der Waals surface area contributed by atoms with Crippen molar-refractivity contribution >= 4 is 23.6 Å². The summed E-state index contributed by atoms with van der Waals surface area (Å²) in [5, 5.41) is 11.3. The molecule has 0 heterocycles. The Balaban J connectivity index is 2.65. The number of carboxylic acid groups (broad SMARTS) is 1. The first-order valence-electron chi connectivity index (χ1n) is 7.18. The Morgan fingerprint density at radius 1 is 1.24 bits per heavy atom. The molecule has 4 nitrogen and oxygen atoms in total. The van der Waals surface area contributed by atoms with Crippen molar-refractivity contribution in [2.75, 3.05) is 6.54 Å². The van der Waals surface area contributed by atoms with E-state index in [9.17, 15) is 9.59 Å². The molecule has 0 aliphatic carbocycles. The Bertz CT molecular complexity index is 488. The number of carbonyl (C=O) groups is 2. The van der Waals surface area contributed by atoms with E-state index in [1.807, 2.05) is 6.07 Å². The summed E-state index contributed by atoms with van der Waals surface area (Å²) in [5.74, 6) is -0.396. The minimum absolute atomic E-state index is 0.139. The van der Waals surface area contributed by atoms with Crippen molar-refractivity contribution in [1.82, 2.24) is 5.32 Å². The number of carboxylic acids is 1. The first kappa shape index (κ1) is 17.6. The normalized spacial score (nSPS) is 12.2. The number of hydrogen-bond acceptors (Lipinski definition) is 3. The predicted octanol–water partition coefficient (Wildman–Crippen LogP) is 3.42. The number of hydrogen-bond donors (Lipinski definition) is 2. The molecule has 0 aliphatic rings. The summed E-state index contributed by atoms with van der Waals surface area (Å²) in [5.41, 5.74) is 0.542. The maximum Gasteiger partial charge on any atom is 0.316 e. The van der Waals surface area contributed by atoms with Crippen LogP contribution in [0.2, 0.25) is 0 Å². The number of benzene rings is 1. The largest absolute Gasteiger partial charge is 0.480 e. The molecule has 0 aliphatic heterocycles.